The van der Waals surface area contributed by atoms with Gasteiger partial charge in [-0.3, -0.25) is 9.10 Å². The van der Waals surface area contributed by atoms with Crippen LogP contribution in [-0.2, 0) is 19.9 Å². The molecule has 2 N–H and O–H groups in total. The molecule has 9 nitrogen and oxygen atoms in total. The van der Waals surface area contributed by atoms with Crippen molar-refractivity contribution in [1.29, 1.82) is 0 Å². The van der Waals surface area contributed by atoms with Gasteiger partial charge in [-0.05, 0) is 55.3 Å². The lowest BCUT2D eigenvalue weighted by Gasteiger charge is -2.49. The third-order valence-corrected chi connectivity index (χ3v) is 10.3. The number of piperazine rings is 1. The van der Waals surface area contributed by atoms with E-state index in [4.69, 9.17) is 0 Å². The van der Waals surface area contributed by atoms with Crippen LogP contribution in [0, 0.1) is 0 Å². The molecule has 5 rings (SSSR count). The van der Waals surface area contributed by atoms with E-state index < -0.39 is 25.8 Å². The molecule has 3 aliphatic heterocycles. The van der Waals surface area contributed by atoms with Crippen LogP contribution in [0.2, 0.25) is 0 Å². The Morgan fingerprint density at radius 3 is 2.24 bits per heavy atom. The molecule has 2 atom stereocenters. The van der Waals surface area contributed by atoms with Crippen molar-refractivity contribution in [3.8, 4) is 0 Å². The predicted octanol–water partition coefficient (Wildman–Crippen LogP) is 3.63. The summed E-state index contributed by atoms with van der Waals surface area (Å²) in [6.45, 7) is 3.78. The number of hydrogen-bond donors (Lipinski definition) is 2. The molecule has 2 aromatic carbocycles. The lowest BCUT2D eigenvalue weighted by molar-refractivity contribution is 0.102. The molecule has 2 aromatic rings. The predicted molar refractivity (Wildman–Crippen MR) is 152 cm³/mol. The average Bonchev–Trinajstić information content (AvgIpc) is 2.87. The number of nitrogens with zero attached hydrogens (tertiary/aromatic N) is 2. The van der Waals surface area contributed by atoms with Gasteiger partial charge in [0.1, 0.15) is 0 Å². The second-order valence-corrected chi connectivity index (χ2v) is 14.5. The van der Waals surface area contributed by atoms with E-state index in [2.05, 4.69) is 22.5 Å². The second-order valence-electron chi connectivity index (χ2n) is 10.3. The Morgan fingerprint density at radius 1 is 1.00 bits per heavy atom. The monoisotopic (exact) mass is 562 g/mol. The summed E-state index contributed by atoms with van der Waals surface area (Å²) in [5.41, 5.74) is 1.80. The number of carbonyl (C=O) groups excluding carboxylic acids is 1. The second kappa shape index (κ2) is 11.6. The summed E-state index contributed by atoms with van der Waals surface area (Å²) < 4.78 is 51.2. The standard InChI is InChI=1S/C27H38N4O5S2/c1-4-5-6-7-8-15-38(35,36)24-12-9-20(10-13-24)29-27(32)25-14-11-23(17-26(25)30(2)37(3,33)34)31-18-21-16-22(19-31)28-21/h9-14,17,21-22,28H,4-8,15-16,18-19H2,1-3H3,(H,29,32). The molecule has 0 saturated carbocycles. The highest BCUT2D eigenvalue weighted by atomic mass is 32.2. The highest BCUT2D eigenvalue weighted by Crippen LogP contribution is 2.32. The van der Waals surface area contributed by atoms with E-state index in [0.717, 1.165) is 61.4 Å². The first-order valence-corrected chi connectivity index (χ1v) is 16.7. The topological polar surface area (TPSA) is 116 Å². The summed E-state index contributed by atoms with van der Waals surface area (Å²) in [4.78, 5) is 15.7. The Morgan fingerprint density at radius 2 is 1.63 bits per heavy atom. The Labute approximate surface area is 226 Å². The van der Waals surface area contributed by atoms with E-state index in [1.807, 2.05) is 6.07 Å². The van der Waals surface area contributed by atoms with Gasteiger partial charge in [-0.25, -0.2) is 16.8 Å². The average molecular weight is 563 g/mol. The molecule has 3 fully saturated rings. The van der Waals surface area contributed by atoms with Gasteiger partial charge in [0.15, 0.2) is 9.84 Å². The van der Waals surface area contributed by atoms with Gasteiger partial charge in [-0.2, -0.15) is 0 Å². The highest BCUT2D eigenvalue weighted by molar-refractivity contribution is 7.92. The molecule has 0 aromatic heterocycles. The fourth-order valence-corrected chi connectivity index (χ4v) is 6.91. The summed E-state index contributed by atoms with van der Waals surface area (Å²) in [5, 5.41) is 6.26. The van der Waals surface area contributed by atoms with Gasteiger partial charge in [0.25, 0.3) is 5.91 Å². The Balaban J connectivity index is 1.49. The highest BCUT2D eigenvalue weighted by Gasteiger charge is 2.36. The van der Waals surface area contributed by atoms with E-state index in [9.17, 15) is 21.6 Å². The maximum atomic E-state index is 13.2. The first kappa shape index (κ1) is 28.4. The zero-order valence-electron chi connectivity index (χ0n) is 22.3. The summed E-state index contributed by atoms with van der Waals surface area (Å²) in [5.74, 6) is -0.374. The number of fused-ring (bicyclic) bond motifs is 2. The van der Waals surface area contributed by atoms with Crippen molar-refractivity contribution < 1.29 is 21.6 Å². The maximum absolute atomic E-state index is 13.2. The van der Waals surface area contributed by atoms with E-state index in [1.165, 1.54) is 19.2 Å². The lowest BCUT2D eigenvalue weighted by atomic mass is 9.91. The van der Waals surface area contributed by atoms with Crippen molar-refractivity contribution in [2.24, 2.45) is 0 Å². The number of rotatable bonds is 12. The lowest BCUT2D eigenvalue weighted by Crippen LogP contribution is -2.67. The molecule has 0 aliphatic carbocycles. The molecule has 0 spiro atoms. The molecule has 1 amide bonds. The fourth-order valence-electron chi connectivity index (χ4n) is 5.03. The van der Waals surface area contributed by atoms with Gasteiger partial charge < -0.3 is 15.5 Å². The van der Waals surface area contributed by atoms with Gasteiger partial charge in [0, 0.05) is 43.6 Å². The van der Waals surface area contributed by atoms with Crippen LogP contribution >= 0.6 is 0 Å². The van der Waals surface area contributed by atoms with Crippen LogP contribution in [0.5, 0.6) is 0 Å². The number of amides is 1. The number of carbonyl (C=O) groups is 1. The molecule has 2 bridgehead atoms. The van der Waals surface area contributed by atoms with Gasteiger partial charge in [-0.1, -0.05) is 32.6 Å². The summed E-state index contributed by atoms with van der Waals surface area (Å²) in [6, 6.07) is 12.2. The van der Waals surface area contributed by atoms with Gasteiger partial charge in [-0.15, -0.1) is 0 Å². The summed E-state index contributed by atoms with van der Waals surface area (Å²) in [6.07, 6.45) is 7.01. The van der Waals surface area contributed by atoms with Crippen molar-refractivity contribution in [3.05, 3.63) is 48.0 Å². The third kappa shape index (κ3) is 6.68. The molecule has 208 valence electrons. The van der Waals surface area contributed by atoms with Crippen LogP contribution in [0.3, 0.4) is 0 Å². The van der Waals surface area contributed by atoms with Crippen molar-refractivity contribution >= 4 is 42.8 Å². The first-order chi connectivity index (χ1) is 18.0. The smallest absolute Gasteiger partial charge is 0.257 e. The number of piperidine rings is 1. The van der Waals surface area contributed by atoms with Gasteiger partial charge >= 0.3 is 0 Å². The minimum Gasteiger partial charge on any atom is -0.368 e. The fraction of sp³-hybridized carbons (Fsp3) is 0.519. The Bertz CT molecular complexity index is 1340. The zero-order valence-corrected chi connectivity index (χ0v) is 23.9. The SMILES string of the molecule is CCCCCCCS(=O)(=O)c1ccc(NC(=O)c2ccc(N3CC4CC(C3)N4)cc2N(C)S(C)(=O)=O)cc1. The zero-order chi connectivity index (χ0) is 27.5. The number of hydrogen-bond acceptors (Lipinski definition) is 7. The molecule has 2 unspecified atom stereocenters. The van der Waals surface area contributed by atoms with E-state index in [-0.39, 0.29) is 21.9 Å². The summed E-state index contributed by atoms with van der Waals surface area (Å²) in [7, 11) is -5.57. The Hall–Kier alpha value is -2.63. The van der Waals surface area contributed by atoms with Crippen LogP contribution in [0.4, 0.5) is 17.1 Å². The molecule has 11 heteroatoms. The van der Waals surface area contributed by atoms with E-state index >= 15 is 0 Å². The summed E-state index contributed by atoms with van der Waals surface area (Å²) >= 11 is 0. The largest absolute Gasteiger partial charge is 0.368 e. The molecule has 3 saturated heterocycles. The van der Waals surface area contributed by atoms with Crippen molar-refractivity contribution in [2.45, 2.75) is 62.4 Å². The minimum atomic E-state index is -3.61. The van der Waals surface area contributed by atoms with E-state index in [1.54, 1.807) is 24.3 Å². The molecule has 3 heterocycles. The number of sulfone groups is 1. The number of nitrogens with one attached hydrogen (secondary N) is 2. The van der Waals surface area contributed by atoms with Crippen molar-refractivity contribution in [1.82, 2.24) is 5.32 Å². The van der Waals surface area contributed by atoms with Crippen LogP contribution in [0.25, 0.3) is 0 Å². The maximum Gasteiger partial charge on any atom is 0.257 e. The molecular formula is C27H38N4O5S2. The minimum absolute atomic E-state index is 0.102. The number of benzene rings is 2. The van der Waals surface area contributed by atoms with Crippen LogP contribution in [0.1, 0.15) is 55.8 Å². The van der Waals surface area contributed by atoms with Crippen LogP contribution < -0.4 is 19.8 Å². The van der Waals surface area contributed by atoms with E-state index in [0.29, 0.717) is 24.2 Å². The van der Waals surface area contributed by atoms with Gasteiger partial charge in [0.2, 0.25) is 10.0 Å². The normalized spacial score (nSPS) is 19.1. The first-order valence-electron chi connectivity index (χ1n) is 13.2. The molecule has 38 heavy (non-hydrogen) atoms. The number of unbranched alkanes of at least 4 members (excludes halogenated alkanes) is 4. The van der Waals surface area contributed by atoms with Crippen LogP contribution in [-0.4, -0.2) is 67.0 Å². The van der Waals surface area contributed by atoms with Gasteiger partial charge in [0.05, 0.1) is 28.2 Å². The number of sulfonamides is 1. The van der Waals surface area contributed by atoms with Crippen molar-refractivity contribution in [3.63, 3.8) is 0 Å². The quantitative estimate of drug-likeness (QED) is 0.380. The number of anilines is 3. The third-order valence-electron chi connectivity index (χ3n) is 7.34. The van der Waals surface area contributed by atoms with Crippen molar-refractivity contribution in [2.75, 3.05) is 46.7 Å². The Kier molecular flexibility index (Phi) is 8.68. The molecule has 3 aliphatic rings. The van der Waals surface area contributed by atoms with Crippen LogP contribution in [0.15, 0.2) is 47.4 Å². The molecular weight excluding hydrogens is 524 g/mol. The molecule has 0 radical (unpaired) electrons.